The molecule has 0 radical (unpaired) electrons. The van der Waals surface area contributed by atoms with Crippen molar-refractivity contribution < 1.29 is 19.0 Å². The van der Waals surface area contributed by atoms with Crippen LogP contribution < -0.4 is 15.0 Å². The van der Waals surface area contributed by atoms with Crippen molar-refractivity contribution in [2.24, 2.45) is 0 Å². The van der Waals surface area contributed by atoms with Gasteiger partial charge < -0.3 is 14.2 Å². The Balaban J connectivity index is 1.65. The van der Waals surface area contributed by atoms with Gasteiger partial charge in [0.2, 0.25) is 4.96 Å². The third-order valence-corrected chi connectivity index (χ3v) is 4.96. The van der Waals surface area contributed by atoms with Crippen molar-refractivity contribution in [3.63, 3.8) is 0 Å². The topological polar surface area (TPSA) is 92.0 Å². The molecule has 9 heteroatoms. The van der Waals surface area contributed by atoms with E-state index in [0.29, 0.717) is 28.8 Å². The molecular formula is C20H21N3O5S. The molecule has 0 unspecified atom stereocenters. The Kier molecular flexibility index (Phi) is 6.61. The second-order valence-corrected chi connectivity index (χ2v) is 6.95. The Morgan fingerprint density at radius 2 is 2.07 bits per heavy atom. The second-order valence-electron chi connectivity index (χ2n) is 5.91. The number of hydrogen-bond donors (Lipinski definition) is 0. The molecule has 0 N–H and O–H groups in total. The van der Waals surface area contributed by atoms with Crippen LogP contribution in [0.5, 0.6) is 11.5 Å². The van der Waals surface area contributed by atoms with Crippen LogP contribution in [0.4, 0.5) is 0 Å². The van der Waals surface area contributed by atoms with Crippen molar-refractivity contribution in [2.75, 3.05) is 13.7 Å². The first-order chi connectivity index (χ1) is 14.0. The fourth-order valence-corrected chi connectivity index (χ4v) is 3.39. The van der Waals surface area contributed by atoms with Gasteiger partial charge >= 0.3 is 5.97 Å². The minimum absolute atomic E-state index is 0.0964. The third kappa shape index (κ3) is 5.00. The van der Waals surface area contributed by atoms with Crippen LogP contribution in [0.25, 0.3) is 11.0 Å². The van der Waals surface area contributed by atoms with Crippen LogP contribution in [0.1, 0.15) is 30.1 Å². The predicted octanol–water partition coefficient (Wildman–Crippen LogP) is 2.88. The van der Waals surface area contributed by atoms with Gasteiger partial charge in [-0.15, -0.1) is 0 Å². The van der Waals surface area contributed by atoms with Gasteiger partial charge in [0, 0.05) is 12.1 Å². The minimum atomic E-state index is -0.543. The lowest BCUT2D eigenvalue weighted by Gasteiger charge is -2.09. The second kappa shape index (κ2) is 9.33. The number of esters is 1. The number of carbonyl (C=O) groups excluding carboxylic acids is 1. The molecule has 0 spiro atoms. The molecule has 2 aromatic heterocycles. The highest BCUT2D eigenvalue weighted by molar-refractivity contribution is 7.16. The number of carbonyl (C=O) groups is 1. The van der Waals surface area contributed by atoms with Gasteiger partial charge in [0.15, 0.2) is 11.5 Å². The summed E-state index contributed by atoms with van der Waals surface area (Å²) < 4.78 is 17.2. The Hall–Kier alpha value is -3.20. The van der Waals surface area contributed by atoms with Gasteiger partial charge in [-0.05, 0) is 37.1 Å². The fourth-order valence-electron chi connectivity index (χ4n) is 2.53. The maximum absolute atomic E-state index is 12.1. The molecular weight excluding hydrogens is 394 g/mol. The number of aryl methyl sites for hydroxylation is 1. The number of hydrogen-bond acceptors (Lipinski definition) is 8. The maximum atomic E-state index is 12.1. The minimum Gasteiger partial charge on any atom is -0.493 e. The van der Waals surface area contributed by atoms with Crippen molar-refractivity contribution in [2.45, 2.75) is 26.9 Å². The van der Waals surface area contributed by atoms with Gasteiger partial charge in [0.25, 0.3) is 5.56 Å². The molecule has 1 aromatic carbocycles. The quantitative estimate of drug-likeness (QED) is 0.413. The van der Waals surface area contributed by atoms with Gasteiger partial charge in [-0.2, -0.15) is 9.61 Å². The zero-order valence-corrected chi connectivity index (χ0v) is 17.2. The van der Waals surface area contributed by atoms with Crippen LogP contribution in [0.3, 0.4) is 0 Å². The van der Waals surface area contributed by atoms with Gasteiger partial charge in [0.1, 0.15) is 11.6 Å². The molecule has 0 bridgehead atoms. The zero-order chi connectivity index (χ0) is 20.8. The first kappa shape index (κ1) is 20.5. The highest BCUT2D eigenvalue weighted by atomic mass is 32.1. The summed E-state index contributed by atoms with van der Waals surface area (Å²) in [6, 6.07) is 6.67. The van der Waals surface area contributed by atoms with Gasteiger partial charge in [-0.3, -0.25) is 4.79 Å². The lowest BCUT2D eigenvalue weighted by molar-refractivity contribution is -0.139. The van der Waals surface area contributed by atoms with E-state index in [-0.39, 0.29) is 12.2 Å². The van der Waals surface area contributed by atoms with E-state index in [9.17, 15) is 9.59 Å². The Morgan fingerprint density at radius 3 is 2.79 bits per heavy atom. The third-order valence-electron chi connectivity index (χ3n) is 3.90. The molecule has 8 nitrogen and oxygen atoms in total. The van der Waals surface area contributed by atoms with E-state index in [2.05, 4.69) is 10.1 Å². The SMILES string of the molecule is CCOc1ccc(/C=C/C(=O)OCc2cc(=O)n3nc(CC)sc3n2)cc1OC. The van der Waals surface area contributed by atoms with Crippen LogP contribution in [0.15, 0.2) is 35.1 Å². The summed E-state index contributed by atoms with van der Waals surface area (Å²) in [4.78, 5) is 29.0. The molecule has 0 amide bonds. The van der Waals surface area contributed by atoms with Gasteiger partial charge in [-0.25, -0.2) is 9.78 Å². The van der Waals surface area contributed by atoms with Crippen molar-refractivity contribution in [3.05, 3.63) is 57.0 Å². The molecule has 2 heterocycles. The Bertz CT molecular complexity index is 1100. The molecule has 29 heavy (non-hydrogen) atoms. The highest BCUT2D eigenvalue weighted by Crippen LogP contribution is 2.28. The predicted molar refractivity (Wildman–Crippen MR) is 110 cm³/mol. The summed E-state index contributed by atoms with van der Waals surface area (Å²) in [5.74, 6) is 0.673. The number of benzene rings is 1. The van der Waals surface area contributed by atoms with E-state index in [4.69, 9.17) is 14.2 Å². The Morgan fingerprint density at radius 1 is 1.24 bits per heavy atom. The largest absolute Gasteiger partial charge is 0.493 e. The summed E-state index contributed by atoms with van der Waals surface area (Å²) in [7, 11) is 1.55. The molecule has 0 aliphatic rings. The molecule has 0 saturated carbocycles. The summed E-state index contributed by atoms with van der Waals surface area (Å²) in [6.07, 6.45) is 3.64. The molecule has 0 aliphatic carbocycles. The van der Waals surface area contributed by atoms with Crippen LogP contribution in [-0.2, 0) is 22.6 Å². The highest BCUT2D eigenvalue weighted by Gasteiger charge is 2.09. The average Bonchev–Trinajstić information content (AvgIpc) is 3.15. The summed E-state index contributed by atoms with van der Waals surface area (Å²) in [5.41, 5.74) is 0.844. The van der Waals surface area contributed by atoms with Crippen LogP contribution in [0, 0.1) is 0 Å². The van der Waals surface area contributed by atoms with Crippen molar-refractivity contribution in [1.82, 2.24) is 14.6 Å². The number of rotatable bonds is 8. The van der Waals surface area contributed by atoms with Gasteiger partial charge in [-0.1, -0.05) is 24.3 Å². The normalized spacial score (nSPS) is 11.1. The lowest BCUT2D eigenvalue weighted by Crippen LogP contribution is -2.16. The van der Waals surface area contributed by atoms with E-state index >= 15 is 0 Å². The fraction of sp³-hybridized carbons (Fsp3) is 0.300. The molecule has 0 atom stereocenters. The van der Waals surface area contributed by atoms with Crippen LogP contribution in [-0.4, -0.2) is 34.3 Å². The number of ether oxygens (including phenoxy) is 3. The van der Waals surface area contributed by atoms with E-state index in [1.54, 1.807) is 25.3 Å². The number of fused-ring (bicyclic) bond motifs is 1. The summed E-state index contributed by atoms with van der Waals surface area (Å²) in [6.45, 7) is 4.28. The van der Waals surface area contributed by atoms with Crippen LogP contribution in [0.2, 0.25) is 0 Å². The number of nitrogens with zero attached hydrogens (tertiary/aromatic N) is 3. The average molecular weight is 415 g/mol. The van der Waals surface area contributed by atoms with Crippen molar-refractivity contribution in [1.29, 1.82) is 0 Å². The monoisotopic (exact) mass is 415 g/mol. The van der Waals surface area contributed by atoms with Crippen LogP contribution >= 0.6 is 11.3 Å². The van der Waals surface area contributed by atoms with E-state index in [0.717, 1.165) is 17.0 Å². The molecule has 152 valence electrons. The standard InChI is InChI=1S/C20H21N3O5S/c1-4-17-22-23-18(24)11-14(21-20(23)29-17)12-28-19(25)9-7-13-6-8-15(27-5-2)16(10-13)26-3/h6-11H,4-5,12H2,1-3H3/b9-7+. The number of methoxy groups -OCH3 is 1. The van der Waals surface area contributed by atoms with E-state index < -0.39 is 5.97 Å². The van der Waals surface area contributed by atoms with Gasteiger partial charge in [0.05, 0.1) is 19.4 Å². The smallest absolute Gasteiger partial charge is 0.331 e. The molecule has 3 rings (SSSR count). The van der Waals surface area contributed by atoms with E-state index in [1.165, 1.54) is 28.0 Å². The Labute approximate surface area is 171 Å². The summed E-state index contributed by atoms with van der Waals surface area (Å²) in [5, 5.41) is 5.00. The zero-order valence-electron chi connectivity index (χ0n) is 16.4. The first-order valence-corrected chi connectivity index (χ1v) is 9.90. The first-order valence-electron chi connectivity index (χ1n) is 9.08. The van der Waals surface area contributed by atoms with Crippen molar-refractivity contribution in [3.8, 4) is 11.5 Å². The van der Waals surface area contributed by atoms with Crippen molar-refractivity contribution >= 4 is 28.3 Å². The molecule has 0 aliphatic heterocycles. The molecule has 3 aromatic rings. The lowest BCUT2D eigenvalue weighted by atomic mass is 10.2. The van der Waals surface area contributed by atoms with E-state index in [1.807, 2.05) is 19.9 Å². The molecule has 0 saturated heterocycles. The molecule has 0 fully saturated rings. The number of aromatic nitrogens is 3. The summed E-state index contributed by atoms with van der Waals surface area (Å²) >= 11 is 1.34. The maximum Gasteiger partial charge on any atom is 0.331 e.